The van der Waals surface area contributed by atoms with Gasteiger partial charge < -0.3 is 15.3 Å². The van der Waals surface area contributed by atoms with Crippen LogP contribution in [-0.2, 0) is 4.79 Å². The van der Waals surface area contributed by atoms with E-state index in [0.29, 0.717) is 19.5 Å². The summed E-state index contributed by atoms with van der Waals surface area (Å²) in [6.07, 6.45) is 0.585. The summed E-state index contributed by atoms with van der Waals surface area (Å²) in [4.78, 5) is 24.0. The number of carboxylic acids is 1. The number of nitrogens with one attached hydrogen (secondary N) is 1. The topological polar surface area (TPSA) is 69.6 Å². The molecule has 1 aliphatic rings. The molecule has 2 rings (SSSR count). The number of nitrogens with zero attached hydrogens (tertiary/aromatic N) is 1. The fraction of sp³-hybridized carbons (Fsp3) is 0.429. The summed E-state index contributed by atoms with van der Waals surface area (Å²) in [6.45, 7) is 3.11. The zero-order chi connectivity index (χ0) is 13.8. The number of aryl methyl sites for hydroxylation is 1. The van der Waals surface area contributed by atoms with Crippen molar-refractivity contribution in [2.75, 3.05) is 13.1 Å². The van der Waals surface area contributed by atoms with Crippen LogP contribution in [0.2, 0.25) is 0 Å². The van der Waals surface area contributed by atoms with Crippen LogP contribution in [0, 0.1) is 6.92 Å². The molecular formula is C14H18N2O3. The van der Waals surface area contributed by atoms with Crippen molar-refractivity contribution < 1.29 is 14.7 Å². The van der Waals surface area contributed by atoms with E-state index in [9.17, 15) is 9.59 Å². The number of carbonyl (C=O) groups is 2. The van der Waals surface area contributed by atoms with Gasteiger partial charge in [-0.15, -0.1) is 0 Å². The summed E-state index contributed by atoms with van der Waals surface area (Å²) in [5.74, 6) is -0.824. The second-order valence-electron chi connectivity index (χ2n) is 4.80. The lowest BCUT2D eigenvalue weighted by molar-refractivity contribution is -0.137. The maximum atomic E-state index is 11.8. The van der Waals surface area contributed by atoms with Crippen LogP contribution in [0.3, 0.4) is 0 Å². The fourth-order valence-electron chi connectivity index (χ4n) is 2.36. The number of hydrogen-bond acceptors (Lipinski definition) is 2. The molecule has 0 bridgehead atoms. The second kappa shape index (κ2) is 5.73. The van der Waals surface area contributed by atoms with Crippen molar-refractivity contribution in [1.82, 2.24) is 10.2 Å². The van der Waals surface area contributed by atoms with Crippen LogP contribution in [0.15, 0.2) is 24.3 Å². The normalized spacial score (nSPS) is 18.5. The molecule has 1 atom stereocenters. The van der Waals surface area contributed by atoms with E-state index < -0.39 is 5.97 Å². The van der Waals surface area contributed by atoms with Crippen molar-refractivity contribution >= 4 is 12.0 Å². The lowest BCUT2D eigenvalue weighted by atomic mass is 10.0. The predicted octanol–water partition coefficient (Wildman–Crippen LogP) is 1.93. The average molecular weight is 262 g/mol. The Labute approximate surface area is 112 Å². The highest BCUT2D eigenvalue weighted by atomic mass is 16.4. The molecule has 0 saturated carbocycles. The molecule has 1 heterocycles. The molecule has 0 aromatic heterocycles. The molecule has 2 N–H and O–H groups in total. The summed E-state index contributed by atoms with van der Waals surface area (Å²) < 4.78 is 0. The van der Waals surface area contributed by atoms with Crippen LogP contribution in [-0.4, -0.2) is 35.1 Å². The Kier molecular flexibility index (Phi) is 4.04. The molecule has 1 fully saturated rings. The van der Waals surface area contributed by atoms with E-state index >= 15 is 0 Å². The number of carbonyl (C=O) groups excluding carboxylic acids is 1. The highest BCUT2D eigenvalue weighted by Gasteiger charge is 2.29. The standard InChI is InChI=1S/C14H18N2O3/c1-10-5-2-3-6-11(10)12-9-16(14(19)15-12)8-4-7-13(17)18/h2-3,5-6,12H,4,7-9H2,1H3,(H,15,19)(H,17,18). The molecular weight excluding hydrogens is 244 g/mol. The van der Waals surface area contributed by atoms with Crippen molar-refractivity contribution in [2.45, 2.75) is 25.8 Å². The molecule has 1 aromatic rings. The Morgan fingerprint density at radius 1 is 1.47 bits per heavy atom. The molecule has 0 aliphatic carbocycles. The quantitative estimate of drug-likeness (QED) is 0.851. The maximum Gasteiger partial charge on any atom is 0.318 e. The van der Waals surface area contributed by atoms with Crippen LogP contribution in [0.25, 0.3) is 0 Å². The molecule has 1 unspecified atom stereocenters. The van der Waals surface area contributed by atoms with Gasteiger partial charge in [0.05, 0.1) is 6.04 Å². The lowest BCUT2D eigenvalue weighted by Crippen LogP contribution is -2.29. The smallest absolute Gasteiger partial charge is 0.318 e. The van der Waals surface area contributed by atoms with Crippen molar-refractivity contribution in [3.8, 4) is 0 Å². The number of urea groups is 1. The summed E-state index contributed by atoms with van der Waals surface area (Å²) in [6, 6.07) is 7.86. The Bertz CT molecular complexity index is 487. The number of hydrogen-bond donors (Lipinski definition) is 2. The average Bonchev–Trinajstić information content (AvgIpc) is 2.71. The van der Waals surface area contributed by atoms with Gasteiger partial charge in [-0.25, -0.2) is 4.79 Å². The molecule has 5 heteroatoms. The highest BCUT2D eigenvalue weighted by Crippen LogP contribution is 2.23. The Hall–Kier alpha value is -2.04. The Morgan fingerprint density at radius 2 is 2.21 bits per heavy atom. The van der Waals surface area contributed by atoms with Gasteiger partial charge in [0.25, 0.3) is 0 Å². The lowest BCUT2D eigenvalue weighted by Gasteiger charge is -2.15. The van der Waals surface area contributed by atoms with Gasteiger partial charge in [-0.1, -0.05) is 24.3 Å². The zero-order valence-corrected chi connectivity index (χ0v) is 10.9. The predicted molar refractivity (Wildman–Crippen MR) is 70.9 cm³/mol. The number of aliphatic carboxylic acids is 1. The Balaban J connectivity index is 1.96. The van der Waals surface area contributed by atoms with E-state index in [1.54, 1.807) is 4.90 Å². The molecule has 0 spiro atoms. The van der Waals surface area contributed by atoms with E-state index in [4.69, 9.17) is 5.11 Å². The molecule has 1 aliphatic heterocycles. The monoisotopic (exact) mass is 262 g/mol. The minimum Gasteiger partial charge on any atom is -0.481 e. The number of amides is 2. The summed E-state index contributed by atoms with van der Waals surface area (Å²) in [7, 11) is 0. The van der Waals surface area contributed by atoms with Crippen LogP contribution < -0.4 is 5.32 Å². The molecule has 102 valence electrons. The van der Waals surface area contributed by atoms with Gasteiger partial charge in [-0.05, 0) is 24.5 Å². The largest absolute Gasteiger partial charge is 0.481 e. The third kappa shape index (κ3) is 3.24. The molecule has 19 heavy (non-hydrogen) atoms. The van der Waals surface area contributed by atoms with Crippen LogP contribution in [0.1, 0.15) is 30.0 Å². The van der Waals surface area contributed by atoms with E-state index in [0.717, 1.165) is 11.1 Å². The van der Waals surface area contributed by atoms with Gasteiger partial charge in [0.15, 0.2) is 0 Å². The SMILES string of the molecule is Cc1ccccc1C1CN(CCCC(=O)O)C(=O)N1. The van der Waals surface area contributed by atoms with Gasteiger partial charge in [0.1, 0.15) is 0 Å². The van der Waals surface area contributed by atoms with Crippen LogP contribution >= 0.6 is 0 Å². The van der Waals surface area contributed by atoms with E-state index in [2.05, 4.69) is 5.32 Å². The number of carboxylic acid groups (broad SMARTS) is 1. The minimum atomic E-state index is -0.824. The third-order valence-corrected chi connectivity index (χ3v) is 3.37. The van der Waals surface area contributed by atoms with Gasteiger partial charge in [0.2, 0.25) is 0 Å². The first-order valence-electron chi connectivity index (χ1n) is 6.40. The first-order valence-corrected chi connectivity index (χ1v) is 6.40. The van der Waals surface area contributed by atoms with E-state index in [1.165, 1.54) is 0 Å². The van der Waals surface area contributed by atoms with Gasteiger partial charge in [-0.2, -0.15) is 0 Å². The summed E-state index contributed by atoms with van der Waals surface area (Å²) in [5, 5.41) is 11.5. The van der Waals surface area contributed by atoms with Gasteiger partial charge in [-0.3, -0.25) is 4.79 Å². The van der Waals surface area contributed by atoms with Crippen molar-refractivity contribution in [2.24, 2.45) is 0 Å². The van der Waals surface area contributed by atoms with Crippen molar-refractivity contribution in [1.29, 1.82) is 0 Å². The molecule has 5 nitrogen and oxygen atoms in total. The first kappa shape index (κ1) is 13.4. The maximum absolute atomic E-state index is 11.8. The highest BCUT2D eigenvalue weighted by molar-refractivity contribution is 5.77. The molecule has 1 aromatic carbocycles. The van der Waals surface area contributed by atoms with E-state index in [1.807, 2.05) is 31.2 Å². The molecule has 0 radical (unpaired) electrons. The molecule has 2 amide bonds. The third-order valence-electron chi connectivity index (χ3n) is 3.37. The fourth-order valence-corrected chi connectivity index (χ4v) is 2.36. The summed E-state index contributed by atoms with van der Waals surface area (Å²) >= 11 is 0. The Morgan fingerprint density at radius 3 is 2.89 bits per heavy atom. The number of rotatable bonds is 5. The van der Waals surface area contributed by atoms with Crippen LogP contribution in [0.5, 0.6) is 0 Å². The van der Waals surface area contributed by atoms with E-state index in [-0.39, 0.29) is 18.5 Å². The minimum absolute atomic E-state index is 0.00136. The van der Waals surface area contributed by atoms with Crippen molar-refractivity contribution in [3.63, 3.8) is 0 Å². The zero-order valence-electron chi connectivity index (χ0n) is 10.9. The summed E-state index contributed by atoms with van der Waals surface area (Å²) in [5.41, 5.74) is 2.27. The first-order chi connectivity index (χ1) is 9.08. The second-order valence-corrected chi connectivity index (χ2v) is 4.80. The molecule has 1 saturated heterocycles. The van der Waals surface area contributed by atoms with Gasteiger partial charge >= 0.3 is 12.0 Å². The number of benzene rings is 1. The van der Waals surface area contributed by atoms with Crippen LogP contribution in [0.4, 0.5) is 4.79 Å². The van der Waals surface area contributed by atoms with Crippen molar-refractivity contribution in [3.05, 3.63) is 35.4 Å². The van der Waals surface area contributed by atoms with Gasteiger partial charge in [0, 0.05) is 19.5 Å².